The molecular weight excluding hydrogens is 324 g/mol. The lowest BCUT2D eigenvalue weighted by Crippen LogP contribution is -2.46. The Kier molecular flexibility index (Phi) is 5.30. The SMILES string of the molecule is Cc1ccc(-c2cc(NC(=O)NCC(=O)N3CCOCC3)no2)cc1. The van der Waals surface area contributed by atoms with E-state index in [9.17, 15) is 9.59 Å². The number of rotatable bonds is 4. The van der Waals surface area contributed by atoms with Crippen molar-refractivity contribution in [2.24, 2.45) is 0 Å². The fourth-order valence-corrected chi connectivity index (χ4v) is 2.43. The molecule has 1 aliphatic heterocycles. The van der Waals surface area contributed by atoms with Gasteiger partial charge in [-0.2, -0.15) is 0 Å². The first-order valence-electron chi connectivity index (χ1n) is 8.06. The molecule has 1 aromatic heterocycles. The van der Waals surface area contributed by atoms with Crippen LogP contribution >= 0.6 is 0 Å². The lowest BCUT2D eigenvalue weighted by molar-refractivity contribution is -0.134. The van der Waals surface area contributed by atoms with Crippen LogP contribution in [0.15, 0.2) is 34.9 Å². The van der Waals surface area contributed by atoms with Crippen LogP contribution < -0.4 is 10.6 Å². The van der Waals surface area contributed by atoms with Gasteiger partial charge in [-0.1, -0.05) is 35.0 Å². The van der Waals surface area contributed by atoms with E-state index in [0.29, 0.717) is 32.1 Å². The Labute approximate surface area is 145 Å². The molecule has 3 amide bonds. The molecule has 8 nitrogen and oxygen atoms in total. The summed E-state index contributed by atoms with van der Waals surface area (Å²) in [4.78, 5) is 25.5. The Morgan fingerprint density at radius 3 is 2.64 bits per heavy atom. The number of amides is 3. The number of aromatic nitrogens is 1. The molecular formula is C17H20N4O4. The van der Waals surface area contributed by atoms with Crippen molar-refractivity contribution in [3.05, 3.63) is 35.9 Å². The Hall–Kier alpha value is -2.87. The Morgan fingerprint density at radius 2 is 1.92 bits per heavy atom. The predicted molar refractivity (Wildman–Crippen MR) is 91.1 cm³/mol. The first-order valence-corrected chi connectivity index (χ1v) is 8.06. The molecule has 1 aromatic carbocycles. The van der Waals surface area contributed by atoms with E-state index in [0.717, 1.165) is 11.1 Å². The average Bonchev–Trinajstić information content (AvgIpc) is 3.09. The van der Waals surface area contributed by atoms with Gasteiger partial charge in [0.25, 0.3) is 0 Å². The standard InChI is InChI=1S/C17H20N4O4/c1-12-2-4-13(5-3-12)14-10-15(20-25-14)19-17(23)18-11-16(22)21-6-8-24-9-7-21/h2-5,10H,6-9,11H2,1H3,(H2,18,19,20,23). The van der Waals surface area contributed by atoms with Crippen LogP contribution in [0.25, 0.3) is 11.3 Å². The number of ether oxygens (including phenoxy) is 1. The van der Waals surface area contributed by atoms with Crippen molar-refractivity contribution in [3.8, 4) is 11.3 Å². The minimum absolute atomic E-state index is 0.0749. The second kappa shape index (κ2) is 7.80. The van der Waals surface area contributed by atoms with Crippen molar-refractivity contribution < 1.29 is 18.8 Å². The van der Waals surface area contributed by atoms with Gasteiger partial charge >= 0.3 is 6.03 Å². The zero-order valence-corrected chi connectivity index (χ0v) is 13.9. The maximum Gasteiger partial charge on any atom is 0.320 e. The molecule has 0 unspecified atom stereocenters. The molecule has 3 rings (SSSR count). The number of urea groups is 1. The van der Waals surface area contributed by atoms with Crippen molar-refractivity contribution in [3.63, 3.8) is 0 Å². The molecule has 0 saturated carbocycles. The highest BCUT2D eigenvalue weighted by molar-refractivity contribution is 5.91. The zero-order valence-electron chi connectivity index (χ0n) is 13.9. The van der Waals surface area contributed by atoms with E-state index in [1.165, 1.54) is 0 Å². The monoisotopic (exact) mass is 344 g/mol. The van der Waals surface area contributed by atoms with Gasteiger partial charge in [-0.3, -0.25) is 10.1 Å². The maximum atomic E-state index is 12.0. The normalized spacial score (nSPS) is 14.2. The van der Waals surface area contributed by atoms with Gasteiger partial charge in [0.15, 0.2) is 11.6 Å². The summed E-state index contributed by atoms with van der Waals surface area (Å²) in [7, 11) is 0. The first-order chi connectivity index (χ1) is 12.1. The van der Waals surface area contributed by atoms with Crippen LogP contribution in [-0.2, 0) is 9.53 Å². The van der Waals surface area contributed by atoms with E-state index in [1.807, 2.05) is 31.2 Å². The lowest BCUT2D eigenvalue weighted by Gasteiger charge is -2.26. The molecule has 2 N–H and O–H groups in total. The molecule has 8 heteroatoms. The van der Waals surface area contributed by atoms with Crippen molar-refractivity contribution in [2.75, 3.05) is 38.2 Å². The molecule has 0 radical (unpaired) electrons. The Morgan fingerprint density at radius 1 is 1.20 bits per heavy atom. The van der Waals surface area contributed by atoms with Crippen LogP contribution in [0.5, 0.6) is 0 Å². The topological polar surface area (TPSA) is 96.7 Å². The number of morpholine rings is 1. The number of hydrogen-bond donors (Lipinski definition) is 2. The third kappa shape index (κ3) is 4.57. The highest BCUT2D eigenvalue weighted by Gasteiger charge is 2.17. The molecule has 1 saturated heterocycles. The van der Waals surface area contributed by atoms with Crippen LogP contribution in [0.1, 0.15) is 5.56 Å². The van der Waals surface area contributed by atoms with Crippen LogP contribution in [0.4, 0.5) is 10.6 Å². The summed E-state index contributed by atoms with van der Waals surface area (Å²) in [6.45, 7) is 4.07. The summed E-state index contributed by atoms with van der Waals surface area (Å²) >= 11 is 0. The van der Waals surface area contributed by atoms with Gasteiger partial charge in [-0.15, -0.1) is 0 Å². The quantitative estimate of drug-likeness (QED) is 0.879. The smallest absolute Gasteiger partial charge is 0.320 e. The fraction of sp³-hybridized carbons (Fsp3) is 0.353. The number of aryl methyl sites for hydroxylation is 1. The van der Waals surface area contributed by atoms with Crippen molar-refractivity contribution in [1.82, 2.24) is 15.4 Å². The summed E-state index contributed by atoms with van der Waals surface area (Å²) in [5, 5.41) is 8.89. The van der Waals surface area contributed by atoms with E-state index < -0.39 is 6.03 Å². The van der Waals surface area contributed by atoms with Crippen LogP contribution in [-0.4, -0.2) is 54.8 Å². The Bertz CT molecular complexity index is 735. The number of hydrogen-bond acceptors (Lipinski definition) is 5. The number of nitrogens with one attached hydrogen (secondary N) is 2. The van der Waals surface area contributed by atoms with E-state index >= 15 is 0 Å². The molecule has 25 heavy (non-hydrogen) atoms. The van der Waals surface area contributed by atoms with Gasteiger partial charge in [0.05, 0.1) is 19.8 Å². The van der Waals surface area contributed by atoms with Crippen molar-refractivity contribution in [1.29, 1.82) is 0 Å². The highest BCUT2D eigenvalue weighted by atomic mass is 16.5. The summed E-state index contributed by atoms with van der Waals surface area (Å²) in [6.07, 6.45) is 0. The van der Waals surface area contributed by atoms with Crippen LogP contribution in [0, 0.1) is 6.92 Å². The molecule has 2 heterocycles. The first kappa shape index (κ1) is 17.0. The van der Waals surface area contributed by atoms with E-state index in [-0.39, 0.29) is 18.3 Å². The fourth-order valence-electron chi connectivity index (χ4n) is 2.43. The molecule has 0 atom stereocenters. The second-order valence-corrected chi connectivity index (χ2v) is 5.74. The summed E-state index contributed by atoms with van der Waals surface area (Å²) in [5.74, 6) is 0.700. The van der Waals surface area contributed by atoms with E-state index in [1.54, 1.807) is 11.0 Å². The summed E-state index contributed by atoms with van der Waals surface area (Å²) < 4.78 is 10.4. The minimum atomic E-state index is -0.509. The molecule has 132 valence electrons. The van der Waals surface area contributed by atoms with Crippen LogP contribution in [0.2, 0.25) is 0 Å². The van der Waals surface area contributed by atoms with Gasteiger partial charge in [-0.05, 0) is 6.92 Å². The maximum absolute atomic E-state index is 12.0. The molecule has 1 aliphatic rings. The van der Waals surface area contributed by atoms with Gasteiger partial charge in [0.2, 0.25) is 5.91 Å². The molecule has 0 spiro atoms. The number of anilines is 1. The van der Waals surface area contributed by atoms with Gasteiger partial charge < -0.3 is 19.5 Å². The third-order valence-corrected chi connectivity index (χ3v) is 3.85. The van der Waals surface area contributed by atoms with E-state index in [4.69, 9.17) is 9.26 Å². The van der Waals surface area contributed by atoms with Crippen molar-refractivity contribution >= 4 is 17.8 Å². The van der Waals surface area contributed by atoms with Gasteiger partial charge in [-0.25, -0.2) is 4.79 Å². The third-order valence-electron chi connectivity index (χ3n) is 3.85. The number of carbonyl (C=O) groups is 2. The second-order valence-electron chi connectivity index (χ2n) is 5.74. The zero-order chi connectivity index (χ0) is 17.6. The van der Waals surface area contributed by atoms with Crippen molar-refractivity contribution in [2.45, 2.75) is 6.92 Å². The van der Waals surface area contributed by atoms with Crippen LogP contribution in [0.3, 0.4) is 0 Å². The molecule has 1 fully saturated rings. The molecule has 2 aromatic rings. The number of benzene rings is 1. The summed E-state index contributed by atoms with van der Waals surface area (Å²) in [5.41, 5.74) is 2.01. The number of carbonyl (C=O) groups excluding carboxylic acids is 2. The molecule has 0 bridgehead atoms. The Balaban J connectivity index is 1.49. The minimum Gasteiger partial charge on any atom is -0.378 e. The van der Waals surface area contributed by atoms with E-state index in [2.05, 4.69) is 15.8 Å². The van der Waals surface area contributed by atoms with Gasteiger partial charge in [0, 0.05) is 24.7 Å². The summed E-state index contributed by atoms with van der Waals surface area (Å²) in [6, 6.07) is 8.89. The molecule has 0 aliphatic carbocycles. The predicted octanol–water partition coefficient (Wildman–Crippen LogP) is 1.63. The number of nitrogens with zero attached hydrogens (tertiary/aromatic N) is 2. The average molecular weight is 344 g/mol. The highest BCUT2D eigenvalue weighted by Crippen LogP contribution is 2.22. The largest absolute Gasteiger partial charge is 0.378 e. The van der Waals surface area contributed by atoms with Gasteiger partial charge in [0.1, 0.15) is 0 Å². The lowest BCUT2D eigenvalue weighted by atomic mass is 10.1.